The molecule has 0 bridgehead atoms. The Bertz CT molecular complexity index is 334. The highest BCUT2D eigenvalue weighted by Gasteiger charge is 2.36. The number of carbonyl (C=O) groups is 2. The molecule has 1 fully saturated rings. The van der Waals surface area contributed by atoms with Crippen LogP contribution in [0.3, 0.4) is 0 Å². The van der Waals surface area contributed by atoms with E-state index in [2.05, 4.69) is 16.0 Å². The van der Waals surface area contributed by atoms with Crippen LogP contribution in [0.4, 0.5) is 0 Å². The monoisotopic (exact) mass is 283 g/mol. The van der Waals surface area contributed by atoms with Gasteiger partial charge in [-0.3, -0.25) is 9.59 Å². The van der Waals surface area contributed by atoms with E-state index in [-0.39, 0.29) is 23.3 Å². The summed E-state index contributed by atoms with van der Waals surface area (Å²) in [6.07, 6.45) is 2.54. The number of hydrogen-bond acceptors (Lipinski definition) is 3. The van der Waals surface area contributed by atoms with Crippen molar-refractivity contribution in [1.29, 1.82) is 0 Å². The topological polar surface area (TPSA) is 70.2 Å². The van der Waals surface area contributed by atoms with Gasteiger partial charge in [0.1, 0.15) is 0 Å². The van der Waals surface area contributed by atoms with Gasteiger partial charge in [-0.1, -0.05) is 13.8 Å². The Kier molecular flexibility index (Phi) is 6.46. The number of amides is 2. The van der Waals surface area contributed by atoms with E-state index in [1.165, 1.54) is 0 Å². The highest BCUT2D eigenvalue weighted by Crippen LogP contribution is 2.31. The quantitative estimate of drug-likeness (QED) is 0.682. The summed E-state index contributed by atoms with van der Waals surface area (Å²) in [4.78, 5) is 23.8. The first kappa shape index (κ1) is 17.0. The molecule has 1 unspecified atom stereocenters. The lowest BCUT2D eigenvalue weighted by atomic mass is 9.74. The molecule has 0 aromatic heterocycles. The van der Waals surface area contributed by atoms with Crippen LogP contribution < -0.4 is 16.0 Å². The van der Waals surface area contributed by atoms with E-state index in [1.54, 1.807) is 0 Å². The maximum atomic E-state index is 12.3. The van der Waals surface area contributed by atoms with Crippen LogP contribution >= 0.6 is 0 Å². The molecule has 5 heteroatoms. The zero-order chi connectivity index (χ0) is 15.2. The molecule has 116 valence electrons. The van der Waals surface area contributed by atoms with E-state index in [0.29, 0.717) is 18.9 Å². The largest absolute Gasteiger partial charge is 0.355 e. The summed E-state index contributed by atoms with van der Waals surface area (Å²) in [5, 5.41) is 9.06. The Labute approximate surface area is 122 Å². The summed E-state index contributed by atoms with van der Waals surface area (Å²) in [6, 6.07) is 0.142. The first-order chi connectivity index (χ1) is 9.34. The predicted octanol–water partition coefficient (Wildman–Crippen LogP) is 1.04. The third-order valence-corrected chi connectivity index (χ3v) is 3.99. The maximum Gasteiger partial charge on any atom is 0.225 e. The van der Waals surface area contributed by atoms with E-state index in [4.69, 9.17) is 0 Å². The van der Waals surface area contributed by atoms with Crippen LogP contribution in [0.15, 0.2) is 0 Å². The van der Waals surface area contributed by atoms with Crippen LogP contribution in [0.2, 0.25) is 0 Å². The number of nitrogens with one attached hydrogen (secondary N) is 3. The van der Waals surface area contributed by atoms with Gasteiger partial charge in [0, 0.05) is 24.4 Å². The lowest BCUT2D eigenvalue weighted by molar-refractivity contribution is -0.132. The van der Waals surface area contributed by atoms with E-state index in [1.807, 2.05) is 27.7 Å². The van der Waals surface area contributed by atoms with Crippen molar-refractivity contribution >= 4 is 11.8 Å². The van der Waals surface area contributed by atoms with Gasteiger partial charge < -0.3 is 16.0 Å². The molecule has 0 aliphatic carbocycles. The fourth-order valence-corrected chi connectivity index (χ4v) is 2.56. The number of rotatable bonds is 6. The summed E-state index contributed by atoms with van der Waals surface area (Å²) < 4.78 is 0. The Hall–Kier alpha value is -1.10. The molecule has 0 spiro atoms. The van der Waals surface area contributed by atoms with Gasteiger partial charge in [0.15, 0.2) is 0 Å². The van der Waals surface area contributed by atoms with Gasteiger partial charge in [-0.05, 0) is 45.7 Å². The standard InChI is InChI=1S/C15H29N3O2/c1-11(2)18-13(19)7-9-17-14(20)15(3,4)12-6-5-8-16-10-12/h11-12,16H,5-10H2,1-4H3,(H,17,20)(H,18,19). The van der Waals surface area contributed by atoms with Gasteiger partial charge in [0.25, 0.3) is 0 Å². The molecule has 5 nitrogen and oxygen atoms in total. The Morgan fingerprint density at radius 3 is 2.60 bits per heavy atom. The lowest BCUT2D eigenvalue weighted by Gasteiger charge is -2.36. The molecule has 1 saturated heterocycles. The smallest absolute Gasteiger partial charge is 0.225 e. The molecule has 1 aliphatic heterocycles. The minimum atomic E-state index is -0.387. The normalized spacial score (nSPS) is 19.8. The molecule has 1 rings (SSSR count). The van der Waals surface area contributed by atoms with Crippen molar-refractivity contribution in [1.82, 2.24) is 16.0 Å². The molecule has 0 radical (unpaired) electrons. The molecular weight excluding hydrogens is 254 g/mol. The number of hydrogen-bond donors (Lipinski definition) is 3. The van der Waals surface area contributed by atoms with Gasteiger partial charge in [0.2, 0.25) is 11.8 Å². The van der Waals surface area contributed by atoms with Crippen molar-refractivity contribution in [3.63, 3.8) is 0 Å². The van der Waals surface area contributed by atoms with Crippen molar-refractivity contribution < 1.29 is 9.59 Å². The van der Waals surface area contributed by atoms with Crippen molar-refractivity contribution in [2.24, 2.45) is 11.3 Å². The molecular formula is C15H29N3O2. The summed E-state index contributed by atoms with van der Waals surface area (Å²) in [5.41, 5.74) is -0.387. The number of piperidine rings is 1. The zero-order valence-electron chi connectivity index (χ0n) is 13.2. The second-order valence-electron chi connectivity index (χ2n) is 6.49. The van der Waals surface area contributed by atoms with E-state index < -0.39 is 0 Å². The van der Waals surface area contributed by atoms with Crippen molar-refractivity contribution in [3.8, 4) is 0 Å². The molecule has 1 heterocycles. The van der Waals surface area contributed by atoms with Crippen LogP contribution in [-0.4, -0.2) is 37.5 Å². The van der Waals surface area contributed by atoms with Gasteiger partial charge in [-0.25, -0.2) is 0 Å². The summed E-state index contributed by atoms with van der Waals surface area (Å²) >= 11 is 0. The highest BCUT2D eigenvalue weighted by atomic mass is 16.2. The van der Waals surface area contributed by atoms with Crippen LogP contribution in [0.1, 0.15) is 47.0 Å². The second-order valence-corrected chi connectivity index (χ2v) is 6.49. The molecule has 0 aromatic carbocycles. The Morgan fingerprint density at radius 1 is 1.35 bits per heavy atom. The molecule has 3 N–H and O–H groups in total. The van der Waals surface area contributed by atoms with Crippen molar-refractivity contribution in [2.75, 3.05) is 19.6 Å². The molecule has 2 amide bonds. The third kappa shape index (κ3) is 5.12. The van der Waals surface area contributed by atoms with E-state index >= 15 is 0 Å². The maximum absolute atomic E-state index is 12.3. The van der Waals surface area contributed by atoms with Crippen molar-refractivity contribution in [3.05, 3.63) is 0 Å². The minimum Gasteiger partial charge on any atom is -0.355 e. The highest BCUT2D eigenvalue weighted by molar-refractivity contribution is 5.83. The lowest BCUT2D eigenvalue weighted by Crippen LogP contribution is -2.47. The first-order valence-corrected chi connectivity index (χ1v) is 7.62. The average Bonchev–Trinajstić information content (AvgIpc) is 2.38. The van der Waals surface area contributed by atoms with Gasteiger partial charge in [-0.2, -0.15) is 0 Å². The zero-order valence-corrected chi connectivity index (χ0v) is 13.2. The molecule has 0 saturated carbocycles. The summed E-state index contributed by atoms with van der Waals surface area (Å²) in [7, 11) is 0. The summed E-state index contributed by atoms with van der Waals surface area (Å²) in [6.45, 7) is 10.2. The second kappa shape index (κ2) is 7.62. The molecule has 20 heavy (non-hydrogen) atoms. The Balaban J connectivity index is 2.35. The molecule has 0 aromatic rings. The molecule has 1 aliphatic rings. The summed E-state index contributed by atoms with van der Waals surface area (Å²) in [5.74, 6) is 0.390. The minimum absolute atomic E-state index is 0.0163. The van der Waals surface area contributed by atoms with E-state index in [9.17, 15) is 9.59 Å². The fourth-order valence-electron chi connectivity index (χ4n) is 2.56. The predicted molar refractivity (Wildman–Crippen MR) is 80.3 cm³/mol. The van der Waals surface area contributed by atoms with Crippen LogP contribution in [0.5, 0.6) is 0 Å². The van der Waals surface area contributed by atoms with E-state index in [0.717, 1.165) is 25.9 Å². The van der Waals surface area contributed by atoms with Crippen LogP contribution in [-0.2, 0) is 9.59 Å². The van der Waals surface area contributed by atoms with Crippen molar-refractivity contribution in [2.45, 2.75) is 53.0 Å². The average molecular weight is 283 g/mol. The number of carbonyl (C=O) groups excluding carboxylic acids is 2. The van der Waals surface area contributed by atoms with Crippen LogP contribution in [0.25, 0.3) is 0 Å². The van der Waals surface area contributed by atoms with Gasteiger partial charge in [0.05, 0.1) is 0 Å². The SMILES string of the molecule is CC(C)NC(=O)CCNC(=O)C(C)(C)C1CCCNC1. The molecule has 1 atom stereocenters. The van der Waals surface area contributed by atoms with Gasteiger partial charge in [-0.15, -0.1) is 0 Å². The van der Waals surface area contributed by atoms with Gasteiger partial charge >= 0.3 is 0 Å². The van der Waals surface area contributed by atoms with Crippen LogP contribution in [0, 0.1) is 11.3 Å². The Morgan fingerprint density at radius 2 is 2.05 bits per heavy atom. The fraction of sp³-hybridized carbons (Fsp3) is 0.867. The third-order valence-electron chi connectivity index (χ3n) is 3.99. The first-order valence-electron chi connectivity index (χ1n) is 7.62.